The number of benzene rings is 2. The summed E-state index contributed by atoms with van der Waals surface area (Å²) < 4.78 is 7.37. The van der Waals surface area contributed by atoms with Crippen molar-refractivity contribution in [3.05, 3.63) is 99.4 Å². The number of thiazole rings is 1. The van der Waals surface area contributed by atoms with Crippen LogP contribution in [0.5, 0.6) is 5.75 Å². The molecule has 0 aliphatic rings. The molecule has 30 heavy (non-hydrogen) atoms. The van der Waals surface area contributed by atoms with Crippen LogP contribution in [0, 0.1) is 6.92 Å². The molecule has 0 spiro atoms. The molecule has 2 aromatic carbocycles. The normalized spacial score (nSPS) is 11.1. The zero-order valence-electron chi connectivity index (χ0n) is 16.2. The van der Waals surface area contributed by atoms with Crippen LogP contribution in [0.3, 0.4) is 0 Å². The third-order valence-electron chi connectivity index (χ3n) is 4.35. The van der Waals surface area contributed by atoms with Gasteiger partial charge in [-0.2, -0.15) is 0 Å². The highest BCUT2D eigenvalue weighted by Gasteiger charge is 2.09. The predicted octanol–water partition coefficient (Wildman–Crippen LogP) is 4.30. The van der Waals surface area contributed by atoms with Crippen LogP contribution in [0.15, 0.2) is 77.0 Å². The Balaban J connectivity index is 1.49. The SMILES string of the molecule is Cc1ccc(OCc2cc(=O)n3ccsc3n2)c(NC(=O)C=Cc2ccccc2)c1. The van der Waals surface area contributed by atoms with E-state index in [2.05, 4.69) is 10.3 Å². The number of aryl methyl sites for hydroxylation is 1. The number of nitrogens with one attached hydrogen (secondary N) is 1. The van der Waals surface area contributed by atoms with Crippen molar-refractivity contribution in [2.24, 2.45) is 0 Å². The van der Waals surface area contributed by atoms with Crippen LogP contribution in [-0.2, 0) is 11.4 Å². The van der Waals surface area contributed by atoms with E-state index < -0.39 is 0 Å². The number of carbonyl (C=O) groups is 1. The molecule has 0 saturated carbocycles. The van der Waals surface area contributed by atoms with Crippen LogP contribution in [0.25, 0.3) is 11.0 Å². The summed E-state index contributed by atoms with van der Waals surface area (Å²) in [5.41, 5.74) is 2.87. The highest BCUT2D eigenvalue weighted by atomic mass is 32.1. The quantitative estimate of drug-likeness (QED) is 0.475. The van der Waals surface area contributed by atoms with E-state index in [0.717, 1.165) is 11.1 Å². The Morgan fingerprint density at radius 3 is 2.87 bits per heavy atom. The smallest absolute Gasteiger partial charge is 0.258 e. The van der Waals surface area contributed by atoms with Gasteiger partial charge in [-0.05, 0) is 36.3 Å². The summed E-state index contributed by atoms with van der Waals surface area (Å²) in [5.74, 6) is 0.251. The molecular formula is C23H19N3O3S. The number of anilines is 1. The molecule has 0 bridgehead atoms. The average molecular weight is 417 g/mol. The Morgan fingerprint density at radius 2 is 2.03 bits per heavy atom. The van der Waals surface area contributed by atoms with Crippen molar-refractivity contribution in [2.75, 3.05) is 5.32 Å². The first-order valence-electron chi connectivity index (χ1n) is 9.32. The van der Waals surface area contributed by atoms with Crippen molar-refractivity contribution < 1.29 is 9.53 Å². The number of carbonyl (C=O) groups excluding carboxylic acids is 1. The fourth-order valence-electron chi connectivity index (χ4n) is 2.89. The van der Waals surface area contributed by atoms with E-state index in [1.54, 1.807) is 18.3 Å². The molecular weight excluding hydrogens is 398 g/mol. The molecule has 1 amide bonds. The van der Waals surface area contributed by atoms with E-state index in [-0.39, 0.29) is 18.1 Å². The Morgan fingerprint density at radius 1 is 1.20 bits per heavy atom. The van der Waals surface area contributed by atoms with Crippen molar-refractivity contribution in [2.45, 2.75) is 13.5 Å². The molecule has 150 valence electrons. The standard InChI is InChI=1S/C23H19N3O3S/c1-16-7-9-20(29-15-18-14-22(28)26-11-12-30-23(26)24-18)19(13-16)25-21(27)10-8-17-5-3-2-4-6-17/h2-14H,15H2,1H3,(H,25,27). The van der Waals surface area contributed by atoms with E-state index in [9.17, 15) is 9.59 Å². The van der Waals surface area contributed by atoms with E-state index in [1.165, 1.54) is 27.9 Å². The molecule has 7 heteroatoms. The minimum atomic E-state index is -0.259. The Bertz CT molecular complexity index is 1280. The van der Waals surface area contributed by atoms with Gasteiger partial charge in [-0.3, -0.25) is 14.0 Å². The molecule has 6 nitrogen and oxygen atoms in total. The van der Waals surface area contributed by atoms with Crippen molar-refractivity contribution in [1.82, 2.24) is 9.38 Å². The van der Waals surface area contributed by atoms with Gasteiger partial charge < -0.3 is 10.1 Å². The summed E-state index contributed by atoms with van der Waals surface area (Å²) in [5, 5.41) is 4.67. The van der Waals surface area contributed by atoms with Crippen molar-refractivity contribution in [3.8, 4) is 5.75 Å². The van der Waals surface area contributed by atoms with Gasteiger partial charge in [0.05, 0.1) is 11.4 Å². The maximum Gasteiger partial charge on any atom is 0.258 e. The summed E-state index contributed by atoms with van der Waals surface area (Å²) in [6.07, 6.45) is 4.92. The monoisotopic (exact) mass is 417 g/mol. The van der Waals surface area contributed by atoms with Gasteiger partial charge in [-0.25, -0.2) is 4.98 Å². The highest BCUT2D eigenvalue weighted by Crippen LogP contribution is 2.26. The van der Waals surface area contributed by atoms with Gasteiger partial charge in [-0.15, -0.1) is 11.3 Å². The summed E-state index contributed by atoms with van der Waals surface area (Å²) in [6, 6.07) is 16.6. The number of amides is 1. The molecule has 0 unspecified atom stereocenters. The molecule has 1 N–H and O–H groups in total. The van der Waals surface area contributed by atoms with Crippen LogP contribution < -0.4 is 15.6 Å². The summed E-state index contributed by atoms with van der Waals surface area (Å²) in [6.45, 7) is 2.06. The highest BCUT2D eigenvalue weighted by molar-refractivity contribution is 7.15. The van der Waals surface area contributed by atoms with Crippen molar-refractivity contribution in [3.63, 3.8) is 0 Å². The number of ether oxygens (including phenoxy) is 1. The van der Waals surface area contributed by atoms with E-state index >= 15 is 0 Å². The van der Waals surface area contributed by atoms with E-state index in [1.807, 2.05) is 54.8 Å². The third-order valence-corrected chi connectivity index (χ3v) is 5.11. The molecule has 0 atom stereocenters. The maximum atomic E-state index is 12.4. The fourth-order valence-corrected chi connectivity index (χ4v) is 3.63. The Hall–Kier alpha value is -3.71. The topological polar surface area (TPSA) is 72.7 Å². The molecule has 0 radical (unpaired) electrons. The summed E-state index contributed by atoms with van der Waals surface area (Å²) >= 11 is 1.39. The number of fused-ring (bicyclic) bond motifs is 1. The van der Waals surface area contributed by atoms with Gasteiger partial charge in [0.25, 0.3) is 5.56 Å². The summed E-state index contributed by atoms with van der Waals surface area (Å²) in [4.78, 5) is 29.6. The fraction of sp³-hybridized carbons (Fsp3) is 0.0870. The minimum Gasteiger partial charge on any atom is -0.485 e. The lowest BCUT2D eigenvalue weighted by atomic mass is 10.2. The molecule has 0 aliphatic heterocycles. The van der Waals surface area contributed by atoms with Gasteiger partial charge in [0.2, 0.25) is 5.91 Å². The van der Waals surface area contributed by atoms with Gasteiger partial charge in [0.1, 0.15) is 12.4 Å². The van der Waals surface area contributed by atoms with Gasteiger partial charge >= 0.3 is 0 Å². The molecule has 4 aromatic rings. The zero-order chi connectivity index (χ0) is 20.9. The predicted molar refractivity (Wildman–Crippen MR) is 119 cm³/mol. The summed E-state index contributed by atoms with van der Waals surface area (Å²) in [7, 11) is 0. The number of aromatic nitrogens is 2. The second kappa shape index (κ2) is 8.75. The lowest BCUT2D eigenvalue weighted by Gasteiger charge is -2.12. The van der Waals surface area contributed by atoms with Crippen molar-refractivity contribution in [1.29, 1.82) is 0 Å². The van der Waals surface area contributed by atoms with Gasteiger partial charge in [0, 0.05) is 23.7 Å². The first-order chi connectivity index (χ1) is 14.6. The van der Waals surface area contributed by atoms with Crippen molar-refractivity contribution >= 4 is 34.0 Å². The largest absolute Gasteiger partial charge is 0.485 e. The molecule has 2 heterocycles. The van der Waals surface area contributed by atoms with Gasteiger partial charge in [-0.1, -0.05) is 36.4 Å². The second-order valence-electron chi connectivity index (χ2n) is 6.66. The number of hydrogen-bond donors (Lipinski definition) is 1. The van der Waals surface area contributed by atoms with Crippen LogP contribution in [0.1, 0.15) is 16.8 Å². The molecule has 4 rings (SSSR count). The molecule has 2 aromatic heterocycles. The average Bonchev–Trinajstić information content (AvgIpc) is 3.22. The van der Waals surface area contributed by atoms with E-state index in [4.69, 9.17) is 4.74 Å². The van der Waals surface area contributed by atoms with Gasteiger partial charge in [0.15, 0.2) is 4.96 Å². The number of nitrogens with zero attached hydrogens (tertiary/aromatic N) is 2. The van der Waals surface area contributed by atoms with Crippen LogP contribution in [0.4, 0.5) is 5.69 Å². The number of hydrogen-bond acceptors (Lipinski definition) is 5. The number of rotatable bonds is 6. The molecule has 0 fully saturated rings. The first-order valence-corrected chi connectivity index (χ1v) is 10.2. The minimum absolute atomic E-state index is 0.120. The van der Waals surface area contributed by atoms with Crippen LogP contribution in [0.2, 0.25) is 0 Å². The van der Waals surface area contributed by atoms with E-state index in [0.29, 0.717) is 22.1 Å². The Kier molecular flexibility index (Phi) is 5.72. The first kappa shape index (κ1) is 19.6. The Labute approximate surface area is 177 Å². The maximum absolute atomic E-state index is 12.4. The molecule has 0 aliphatic carbocycles. The van der Waals surface area contributed by atoms with Crippen LogP contribution in [-0.4, -0.2) is 15.3 Å². The lowest BCUT2D eigenvalue weighted by molar-refractivity contribution is -0.111. The second-order valence-corrected chi connectivity index (χ2v) is 7.54. The lowest BCUT2D eigenvalue weighted by Crippen LogP contribution is -2.14. The zero-order valence-corrected chi connectivity index (χ0v) is 17.1. The third kappa shape index (κ3) is 4.64. The molecule has 0 saturated heterocycles. The van der Waals surface area contributed by atoms with Crippen LogP contribution >= 0.6 is 11.3 Å².